The maximum atomic E-state index is 12.6. The first-order valence-corrected chi connectivity index (χ1v) is 23.2. The summed E-state index contributed by atoms with van der Waals surface area (Å²) in [4.78, 5) is 35.0. The highest BCUT2D eigenvalue weighted by Gasteiger charge is 2.27. The Balaban J connectivity index is 4.49. The number of phosphoric acid groups is 1. The van der Waals surface area contributed by atoms with Crippen LogP contribution in [0.4, 0.5) is 0 Å². The van der Waals surface area contributed by atoms with Crippen molar-refractivity contribution in [2.24, 2.45) is 0 Å². The van der Waals surface area contributed by atoms with Gasteiger partial charge in [-0.25, -0.2) is 4.57 Å². The van der Waals surface area contributed by atoms with Crippen LogP contribution in [0.5, 0.6) is 0 Å². The van der Waals surface area contributed by atoms with Crippen molar-refractivity contribution in [1.29, 1.82) is 0 Å². The fraction of sp³-hybridized carbons (Fsp3) is 0.773. The molecule has 0 heterocycles. The molecule has 0 spiro atoms. The molecule has 0 aromatic carbocycles. The van der Waals surface area contributed by atoms with Gasteiger partial charge in [0, 0.05) is 12.8 Å². The number of unbranched alkanes of at least 4 members (excludes halogenated alkanes) is 17. The molecule has 0 aliphatic heterocycles. The summed E-state index contributed by atoms with van der Waals surface area (Å²) >= 11 is 0. The summed E-state index contributed by atoms with van der Waals surface area (Å²) in [6, 6.07) is 0. The normalized spacial score (nSPS) is 14.9. The molecule has 11 nitrogen and oxygen atoms in total. The monoisotopic (exact) mass is 815 g/mol. The minimum atomic E-state index is -4.67. The molecular weight excluding hydrogens is 735 g/mol. The van der Waals surface area contributed by atoms with Crippen LogP contribution in [0.15, 0.2) is 48.6 Å². The Morgan fingerprint density at radius 1 is 0.607 bits per heavy atom. The van der Waals surface area contributed by atoms with Crippen LogP contribution in [0, 0.1) is 0 Å². The van der Waals surface area contributed by atoms with Gasteiger partial charge in [-0.2, -0.15) is 0 Å². The predicted octanol–water partition coefficient (Wildman–Crippen LogP) is 10.3. The van der Waals surface area contributed by atoms with E-state index in [1.165, 1.54) is 89.9 Å². The first-order valence-electron chi connectivity index (χ1n) is 21.7. The van der Waals surface area contributed by atoms with E-state index in [0.29, 0.717) is 19.3 Å². The number of ether oxygens (including phenoxy) is 2. The number of hydrogen-bond acceptors (Lipinski definition) is 10. The summed E-state index contributed by atoms with van der Waals surface area (Å²) in [6.07, 6.45) is 38.2. The molecule has 4 atom stereocenters. The molecule has 0 saturated heterocycles. The molecule has 0 aliphatic carbocycles. The number of carbonyl (C=O) groups is 2. The highest BCUT2D eigenvalue weighted by atomic mass is 31.2. The van der Waals surface area contributed by atoms with Gasteiger partial charge in [-0.15, -0.1) is 0 Å². The Kier molecular flexibility index (Phi) is 38.2. The molecule has 0 amide bonds. The second-order valence-electron chi connectivity index (χ2n) is 14.6. The van der Waals surface area contributed by atoms with E-state index in [1.54, 1.807) is 12.2 Å². The van der Waals surface area contributed by atoms with Crippen molar-refractivity contribution in [1.82, 2.24) is 0 Å². The van der Waals surface area contributed by atoms with Crippen LogP contribution < -0.4 is 0 Å². The largest absolute Gasteiger partial charge is 0.472 e. The van der Waals surface area contributed by atoms with Crippen LogP contribution in [0.3, 0.4) is 0 Å². The van der Waals surface area contributed by atoms with E-state index >= 15 is 0 Å². The summed E-state index contributed by atoms with van der Waals surface area (Å²) in [6.45, 7) is 2.13. The molecule has 0 aliphatic rings. The standard InChI is InChI=1S/C44H79O11P/c1-3-5-7-9-11-13-15-17-18-20-22-24-26-28-30-34-43(48)52-38-42(39-54-56(50,51)53-37-41(47)36-45)55-44(49)35-31-33-40(46)32-29-27-25-23-21-19-16-14-12-10-8-6-4-2/h12,14,19,21,25,27,29,32,40-42,45-47H,3-11,13,15-18,20,22-24,26,28,30-31,33-39H2,1-2H3,(H,50,51)/b14-12-,21-19-,27-25-,32-29+/t40-,41-,42+/m0/s1. The number of allylic oxidation sites excluding steroid dienone is 7. The zero-order chi connectivity index (χ0) is 41.4. The Labute approximate surface area is 339 Å². The SMILES string of the molecule is CCCCC/C=C\C/C=C\C/C=C\C=C\[C@H](O)CCCC(=O)O[C@H](COC(=O)CCCCCCCCCCCCCCCCC)COP(=O)(O)OC[C@@H](O)CO. The van der Waals surface area contributed by atoms with Crippen molar-refractivity contribution in [2.45, 2.75) is 193 Å². The van der Waals surface area contributed by atoms with Crippen LogP contribution in [0.25, 0.3) is 0 Å². The molecule has 12 heteroatoms. The number of aliphatic hydroxyl groups is 3. The van der Waals surface area contributed by atoms with Gasteiger partial charge in [0.2, 0.25) is 0 Å². The first-order chi connectivity index (χ1) is 27.1. The van der Waals surface area contributed by atoms with E-state index in [9.17, 15) is 29.3 Å². The van der Waals surface area contributed by atoms with E-state index in [4.69, 9.17) is 19.1 Å². The number of phosphoric ester groups is 1. The molecule has 0 fully saturated rings. The lowest BCUT2D eigenvalue weighted by molar-refractivity contribution is -0.161. The Morgan fingerprint density at radius 3 is 1.73 bits per heavy atom. The third-order valence-electron chi connectivity index (χ3n) is 9.09. The maximum absolute atomic E-state index is 12.6. The molecule has 1 unspecified atom stereocenters. The van der Waals surface area contributed by atoms with Crippen molar-refractivity contribution in [3.63, 3.8) is 0 Å². The molecule has 0 radical (unpaired) electrons. The van der Waals surface area contributed by atoms with Gasteiger partial charge in [-0.05, 0) is 44.9 Å². The van der Waals surface area contributed by atoms with Crippen molar-refractivity contribution >= 4 is 19.8 Å². The summed E-state index contributed by atoms with van der Waals surface area (Å²) in [5.74, 6) is -1.12. The third-order valence-corrected chi connectivity index (χ3v) is 10.0. The average Bonchev–Trinajstić information content (AvgIpc) is 3.18. The molecule has 0 aromatic rings. The summed E-state index contributed by atoms with van der Waals surface area (Å²) < 4.78 is 32.5. The Hall–Kier alpha value is -2.11. The van der Waals surface area contributed by atoms with Crippen LogP contribution in [0.2, 0.25) is 0 Å². The lowest BCUT2D eigenvalue weighted by atomic mass is 10.0. The summed E-state index contributed by atoms with van der Waals surface area (Å²) in [5.41, 5.74) is 0. The molecule has 0 saturated carbocycles. The Morgan fingerprint density at radius 2 is 1.12 bits per heavy atom. The van der Waals surface area contributed by atoms with Crippen LogP contribution in [0.1, 0.15) is 174 Å². The van der Waals surface area contributed by atoms with Gasteiger partial charge < -0.3 is 29.7 Å². The van der Waals surface area contributed by atoms with E-state index < -0.39 is 57.9 Å². The van der Waals surface area contributed by atoms with Crippen molar-refractivity contribution in [3.8, 4) is 0 Å². The molecule has 0 aromatic heterocycles. The van der Waals surface area contributed by atoms with Gasteiger partial charge in [0.25, 0.3) is 0 Å². The molecule has 0 bridgehead atoms. The average molecular weight is 815 g/mol. The smallest absolute Gasteiger partial charge is 0.462 e. The number of esters is 2. The summed E-state index contributed by atoms with van der Waals surface area (Å²) in [7, 11) is -4.67. The highest BCUT2D eigenvalue weighted by molar-refractivity contribution is 7.47. The van der Waals surface area contributed by atoms with Gasteiger partial charge in [-0.1, -0.05) is 165 Å². The number of aliphatic hydroxyl groups excluding tert-OH is 3. The van der Waals surface area contributed by atoms with Crippen molar-refractivity contribution in [2.75, 3.05) is 26.4 Å². The zero-order valence-corrected chi connectivity index (χ0v) is 35.8. The second-order valence-corrected chi connectivity index (χ2v) is 16.0. The zero-order valence-electron chi connectivity index (χ0n) is 35.0. The molecule has 326 valence electrons. The van der Waals surface area contributed by atoms with Crippen molar-refractivity contribution in [3.05, 3.63) is 48.6 Å². The number of rotatable bonds is 40. The van der Waals surface area contributed by atoms with Crippen LogP contribution in [-0.2, 0) is 32.7 Å². The van der Waals surface area contributed by atoms with Gasteiger partial charge in [0.1, 0.15) is 12.7 Å². The van der Waals surface area contributed by atoms with Crippen molar-refractivity contribution < 1.29 is 52.9 Å². The maximum Gasteiger partial charge on any atom is 0.472 e. The van der Waals surface area contributed by atoms with Gasteiger partial charge in [0.05, 0.1) is 25.9 Å². The molecular formula is C44H79O11P. The lowest BCUT2D eigenvalue weighted by Gasteiger charge is -2.20. The predicted molar refractivity (Wildman–Crippen MR) is 225 cm³/mol. The highest BCUT2D eigenvalue weighted by Crippen LogP contribution is 2.43. The van der Waals surface area contributed by atoms with Gasteiger partial charge >= 0.3 is 19.8 Å². The topological polar surface area (TPSA) is 169 Å². The second kappa shape index (κ2) is 39.7. The molecule has 4 N–H and O–H groups in total. The van der Waals surface area contributed by atoms with Crippen LogP contribution >= 0.6 is 7.82 Å². The Bertz CT molecular complexity index is 1090. The van der Waals surface area contributed by atoms with E-state index in [0.717, 1.165) is 38.5 Å². The summed E-state index contributed by atoms with van der Waals surface area (Å²) in [5, 5.41) is 28.6. The third kappa shape index (κ3) is 38.7. The first kappa shape index (κ1) is 53.9. The fourth-order valence-corrected chi connectivity index (χ4v) is 6.47. The minimum absolute atomic E-state index is 0.0435. The van der Waals surface area contributed by atoms with Crippen LogP contribution in [-0.4, -0.2) is 76.9 Å². The minimum Gasteiger partial charge on any atom is -0.462 e. The molecule has 56 heavy (non-hydrogen) atoms. The molecule has 0 rings (SSSR count). The van der Waals surface area contributed by atoms with Gasteiger partial charge in [-0.3, -0.25) is 18.6 Å². The quantitative estimate of drug-likeness (QED) is 0.0153. The van der Waals surface area contributed by atoms with E-state index in [-0.39, 0.29) is 19.4 Å². The fourth-order valence-electron chi connectivity index (χ4n) is 5.68. The number of carbonyl (C=O) groups excluding carboxylic acids is 2. The van der Waals surface area contributed by atoms with Gasteiger partial charge in [0.15, 0.2) is 6.10 Å². The van der Waals surface area contributed by atoms with E-state index in [1.807, 2.05) is 12.2 Å². The number of hydrogen-bond donors (Lipinski definition) is 4. The lowest BCUT2D eigenvalue weighted by Crippen LogP contribution is -2.30. The van der Waals surface area contributed by atoms with E-state index in [2.05, 4.69) is 42.7 Å².